The molecule has 3 heterocycles. The lowest BCUT2D eigenvalue weighted by Crippen LogP contribution is -2.11. The summed E-state index contributed by atoms with van der Waals surface area (Å²) in [6.45, 7) is 0. The van der Waals surface area contributed by atoms with E-state index >= 15 is 0 Å². The van der Waals surface area contributed by atoms with Gasteiger partial charge in [0, 0.05) is 4.88 Å². The zero-order valence-electron chi connectivity index (χ0n) is 8.30. The number of hydrogen-bond donors (Lipinski definition) is 1. The third-order valence-electron chi connectivity index (χ3n) is 2.43. The minimum atomic E-state index is 0.0994. The summed E-state index contributed by atoms with van der Waals surface area (Å²) in [5.74, 6) is 0.629. The smallest absolute Gasteiger partial charge is 0.234 e. The van der Waals surface area contributed by atoms with Crippen LogP contribution in [0.25, 0.3) is 0 Å². The molecule has 2 nitrogen and oxygen atoms in total. The fourth-order valence-corrected chi connectivity index (χ4v) is 4.73. The number of hydrogen-bond acceptors (Lipinski definition) is 4. The van der Waals surface area contributed by atoms with Gasteiger partial charge < -0.3 is 5.32 Å². The number of fused-ring (bicyclic) bond motifs is 1. The molecule has 0 spiro atoms. The van der Waals surface area contributed by atoms with E-state index in [1.807, 2.05) is 11.4 Å². The summed E-state index contributed by atoms with van der Waals surface area (Å²) in [6, 6.07) is 4.13. The van der Waals surface area contributed by atoms with Crippen LogP contribution in [-0.2, 0) is 4.79 Å². The second-order valence-corrected chi connectivity index (χ2v) is 6.32. The number of carbonyl (C=O) groups excluding carboxylic acids is 1. The molecule has 0 bridgehead atoms. The summed E-state index contributed by atoms with van der Waals surface area (Å²) in [6.07, 6.45) is 0. The molecule has 16 heavy (non-hydrogen) atoms. The summed E-state index contributed by atoms with van der Waals surface area (Å²) in [7, 11) is 0. The predicted molar refractivity (Wildman–Crippen MR) is 71.6 cm³/mol. The summed E-state index contributed by atoms with van der Waals surface area (Å²) in [5, 5.41) is 9.54. The number of thiophene rings is 2. The standard InChI is InChI=1S/C11H9NOS3/c13-9-6-16-10(7-1-3-14-5-7)11-8(12-9)2-4-15-11/h1-5,10H,6H2,(H,12,13)/t10-/m1/s1. The van der Waals surface area contributed by atoms with E-state index in [4.69, 9.17) is 0 Å². The van der Waals surface area contributed by atoms with Gasteiger partial charge in [0.25, 0.3) is 0 Å². The Morgan fingerprint density at radius 1 is 1.31 bits per heavy atom. The molecular formula is C11H9NOS3. The predicted octanol–water partition coefficient (Wildman–Crippen LogP) is 3.58. The Bertz CT molecular complexity index is 503. The zero-order chi connectivity index (χ0) is 11.0. The zero-order valence-corrected chi connectivity index (χ0v) is 10.8. The molecule has 1 N–H and O–H groups in total. The molecule has 3 rings (SSSR count). The number of carbonyl (C=O) groups is 1. The van der Waals surface area contributed by atoms with Gasteiger partial charge in [-0.05, 0) is 33.8 Å². The monoisotopic (exact) mass is 267 g/mol. The van der Waals surface area contributed by atoms with Crippen molar-refractivity contribution in [3.05, 3.63) is 38.7 Å². The van der Waals surface area contributed by atoms with Gasteiger partial charge in [-0.1, -0.05) is 0 Å². The number of thioether (sulfide) groups is 1. The number of amides is 1. The van der Waals surface area contributed by atoms with E-state index in [9.17, 15) is 4.79 Å². The topological polar surface area (TPSA) is 29.1 Å². The molecule has 1 aliphatic heterocycles. The van der Waals surface area contributed by atoms with E-state index in [2.05, 4.69) is 22.1 Å². The van der Waals surface area contributed by atoms with Crippen molar-refractivity contribution in [2.24, 2.45) is 0 Å². The van der Waals surface area contributed by atoms with Crippen molar-refractivity contribution < 1.29 is 4.79 Å². The molecule has 2 aromatic heterocycles. The molecule has 0 aromatic carbocycles. The highest BCUT2D eigenvalue weighted by Gasteiger charge is 2.25. The SMILES string of the molecule is O=C1CS[C@H](c2ccsc2)c2sccc2N1. The molecular weight excluding hydrogens is 258 g/mol. The van der Waals surface area contributed by atoms with Crippen LogP contribution >= 0.6 is 34.4 Å². The van der Waals surface area contributed by atoms with Crippen LogP contribution in [0.3, 0.4) is 0 Å². The number of nitrogens with one attached hydrogen (secondary N) is 1. The summed E-state index contributed by atoms with van der Waals surface area (Å²) in [5.41, 5.74) is 2.28. The van der Waals surface area contributed by atoms with Gasteiger partial charge in [-0.15, -0.1) is 23.1 Å². The second kappa shape index (κ2) is 4.24. The normalized spacial score (nSPS) is 20.0. The van der Waals surface area contributed by atoms with Crippen molar-refractivity contribution in [1.29, 1.82) is 0 Å². The molecule has 0 saturated heterocycles. The first-order chi connectivity index (χ1) is 7.84. The van der Waals surface area contributed by atoms with Crippen molar-refractivity contribution in [2.75, 3.05) is 11.1 Å². The maximum absolute atomic E-state index is 11.5. The van der Waals surface area contributed by atoms with Gasteiger partial charge in [0.05, 0.1) is 16.7 Å². The number of rotatable bonds is 1. The Hall–Kier alpha value is -0.780. The van der Waals surface area contributed by atoms with Crippen molar-refractivity contribution in [1.82, 2.24) is 0 Å². The van der Waals surface area contributed by atoms with Gasteiger partial charge in [0.2, 0.25) is 5.91 Å². The first-order valence-electron chi connectivity index (χ1n) is 4.85. The molecule has 1 atom stereocenters. The van der Waals surface area contributed by atoms with Crippen molar-refractivity contribution in [3.63, 3.8) is 0 Å². The first-order valence-corrected chi connectivity index (χ1v) is 7.72. The molecule has 0 radical (unpaired) electrons. The summed E-state index contributed by atoms with van der Waals surface area (Å²) in [4.78, 5) is 12.8. The Balaban J connectivity index is 2.05. The second-order valence-electron chi connectivity index (χ2n) is 3.49. The average molecular weight is 267 g/mol. The highest BCUT2D eigenvalue weighted by atomic mass is 32.2. The van der Waals surface area contributed by atoms with Gasteiger partial charge in [-0.2, -0.15) is 11.3 Å². The lowest BCUT2D eigenvalue weighted by Gasteiger charge is -2.11. The molecule has 0 aliphatic carbocycles. The first kappa shape index (κ1) is 10.4. The van der Waals surface area contributed by atoms with Crippen LogP contribution < -0.4 is 5.32 Å². The van der Waals surface area contributed by atoms with Crippen LogP contribution in [0, 0.1) is 0 Å². The van der Waals surface area contributed by atoms with Crippen molar-refractivity contribution in [2.45, 2.75) is 5.25 Å². The fourth-order valence-electron chi connectivity index (χ4n) is 1.72. The summed E-state index contributed by atoms with van der Waals surface area (Å²) < 4.78 is 0. The Labute approximate surface area is 106 Å². The molecule has 2 aromatic rings. The molecule has 82 valence electrons. The van der Waals surface area contributed by atoms with Crippen molar-refractivity contribution in [3.8, 4) is 0 Å². The lowest BCUT2D eigenvalue weighted by atomic mass is 10.2. The van der Waals surface area contributed by atoms with Crippen LogP contribution in [0.15, 0.2) is 28.3 Å². The minimum absolute atomic E-state index is 0.0994. The largest absolute Gasteiger partial charge is 0.324 e. The van der Waals surface area contributed by atoms with Crippen LogP contribution in [0.5, 0.6) is 0 Å². The maximum Gasteiger partial charge on any atom is 0.234 e. The van der Waals surface area contributed by atoms with Gasteiger partial charge in [-0.3, -0.25) is 4.79 Å². The van der Waals surface area contributed by atoms with Crippen LogP contribution in [0.2, 0.25) is 0 Å². The molecule has 0 saturated carbocycles. The van der Waals surface area contributed by atoms with Gasteiger partial charge in [-0.25, -0.2) is 0 Å². The molecule has 0 fully saturated rings. The van der Waals surface area contributed by atoms with Crippen LogP contribution in [0.1, 0.15) is 15.7 Å². The third-order valence-corrected chi connectivity index (χ3v) is 5.54. The Morgan fingerprint density at radius 3 is 3.06 bits per heavy atom. The van der Waals surface area contributed by atoms with Crippen LogP contribution in [0.4, 0.5) is 5.69 Å². The molecule has 5 heteroatoms. The molecule has 0 unspecified atom stereocenters. The fraction of sp³-hybridized carbons (Fsp3) is 0.182. The Morgan fingerprint density at radius 2 is 2.25 bits per heavy atom. The number of anilines is 1. The highest BCUT2D eigenvalue weighted by Crippen LogP contribution is 2.44. The van der Waals surface area contributed by atoms with Gasteiger partial charge in [0.1, 0.15) is 0 Å². The van der Waals surface area contributed by atoms with E-state index in [-0.39, 0.29) is 5.91 Å². The van der Waals surface area contributed by atoms with Crippen molar-refractivity contribution >= 4 is 46.0 Å². The van der Waals surface area contributed by atoms with E-state index in [0.717, 1.165) is 5.69 Å². The molecule has 1 aliphatic rings. The minimum Gasteiger partial charge on any atom is -0.324 e. The van der Waals surface area contributed by atoms with Crippen LogP contribution in [-0.4, -0.2) is 11.7 Å². The molecule has 1 amide bonds. The quantitative estimate of drug-likeness (QED) is 0.855. The Kier molecular flexibility index (Phi) is 2.75. The van der Waals surface area contributed by atoms with E-state index in [0.29, 0.717) is 11.0 Å². The maximum atomic E-state index is 11.5. The highest BCUT2D eigenvalue weighted by molar-refractivity contribution is 8.00. The summed E-state index contributed by atoms with van der Waals surface area (Å²) >= 11 is 5.12. The lowest BCUT2D eigenvalue weighted by molar-refractivity contribution is -0.113. The van der Waals surface area contributed by atoms with E-state index in [1.165, 1.54) is 10.4 Å². The van der Waals surface area contributed by atoms with Gasteiger partial charge >= 0.3 is 0 Å². The average Bonchev–Trinajstić information content (AvgIpc) is 2.89. The van der Waals surface area contributed by atoms with E-state index in [1.54, 1.807) is 34.4 Å². The third kappa shape index (κ3) is 1.79. The van der Waals surface area contributed by atoms with Gasteiger partial charge in [0.15, 0.2) is 0 Å². The van der Waals surface area contributed by atoms with E-state index < -0.39 is 0 Å².